The van der Waals surface area contributed by atoms with Gasteiger partial charge in [0.1, 0.15) is 11.5 Å². The second-order valence-corrected chi connectivity index (χ2v) is 8.82. The summed E-state index contributed by atoms with van der Waals surface area (Å²) in [5.74, 6) is -0.266. The van der Waals surface area contributed by atoms with Crippen LogP contribution < -0.4 is 21.1 Å². The molecule has 38 heavy (non-hydrogen) atoms. The zero-order chi connectivity index (χ0) is 26.6. The van der Waals surface area contributed by atoms with Gasteiger partial charge in [0.05, 0.1) is 5.69 Å². The topological polar surface area (TPSA) is 132 Å². The number of benzene rings is 2. The summed E-state index contributed by atoms with van der Waals surface area (Å²) in [6.07, 6.45) is 2.55. The SMILES string of the molecule is C=CC(=O)Nc1cccc(-n2c(C#N)nc(=O)c3cnc(Nc4ccc(N5CCN(C)CC5)cc4)nc32)c1. The van der Waals surface area contributed by atoms with Gasteiger partial charge in [0.25, 0.3) is 5.56 Å². The molecule has 0 radical (unpaired) electrons. The highest BCUT2D eigenvalue weighted by Gasteiger charge is 2.17. The molecule has 0 atom stereocenters. The third-order valence-electron chi connectivity index (χ3n) is 6.28. The number of rotatable bonds is 6. The van der Waals surface area contributed by atoms with Gasteiger partial charge in [-0.05, 0) is 55.6 Å². The highest BCUT2D eigenvalue weighted by atomic mass is 16.1. The number of anilines is 4. The van der Waals surface area contributed by atoms with Gasteiger partial charge in [-0.2, -0.15) is 15.2 Å². The maximum absolute atomic E-state index is 12.6. The van der Waals surface area contributed by atoms with Crippen LogP contribution in [0.15, 0.2) is 72.2 Å². The minimum atomic E-state index is -0.605. The zero-order valence-corrected chi connectivity index (χ0v) is 20.8. The van der Waals surface area contributed by atoms with Crippen molar-refractivity contribution in [3.63, 3.8) is 0 Å². The monoisotopic (exact) mass is 507 g/mol. The van der Waals surface area contributed by atoms with E-state index in [9.17, 15) is 14.9 Å². The molecule has 0 unspecified atom stereocenters. The Bertz CT molecular complexity index is 1610. The molecule has 0 saturated carbocycles. The van der Waals surface area contributed by atoms with Crippen molar-refractivity contribution in [2.24, 2.45) is 0 Å². The van der Waals surface area contributed by atoms with Gasteiger partial charge in [0.2, 0.25) is 17.7 Å². The predicted octanol–water partition coefficient (Wildman–Crippen LogP) is 2.67. The first-order valence-corrected chi connectivity index (χ1v) is 12.0. The fraction of sp³-hybridized carbons (Fsp3) is 0.185. The van der Waals surface area contributed by atoms with Crippen LogP contribution in [-0.4, -0.2) is 63.6 Å². The molecular weight excluding hydrogens is 482 g/mol. The van der Waals surface area contributed by atoms with Gasteiger partial charge < -0.3 is 20.4 Å². The summed E-state index contributed by atoms with van der Waals surface area (Å²) >= 11 is 0. The van der Waals surface area contributed by atoms with Crippen molar-refractivity contribution in [2.75, 3.05) is 48.8 Å². The Hall–Kier alpha value is -5.08. The molecule has 11 nitrogen and oxygen atoms in total. The summed E-state index contributed by atoms with van der Waals surface area (Å²) in [6.45, 7) is 7.45. The molecule has 2 aromatic carbocycles. The number of nitrogens with zero attached hydrogens (tertiary/aromatic N) is 7. The van der Waals surface area contributed by atoms with Crippen LogP contribution in [0.4, 0.5) is 23.0 Å². The lowest BCUT2D eigenvalue weighted by atomic mass is 10.2. The quantitative estimate of drug-likeness (QED) is 0.378. The number of aromatic nitrogens is 4. The van der Waals surface area contributed by atoms with Gasteiger partial charge in [-0.3, -0.25) is 14.2 Å². The standard InChI is InChI=1S/C27H25N9O2/c1-3-24(37)30-19-5-4-6-21(15-19)36-23(16-28)32-26(38)22-17-29-27(33-25(22)36)31-18-7-9-20(10-8-18)35-13-11-34(2)12-14-35/h3-10,15,17H,1,11-14H2,2H3,(H,30,37)(H,29,31,33). The average Bonchev–Trinajstić information content (AvgIpc) is 2.93. The molecule has 0 aliphatic carbocycles. The molecular formula is C27H25N9O2. The van der Waals surface area contributed by atoms with Gasteiger partial charge in [-0.25, -0.2) is 4.98 Å². The summed E-state index contributed by atoms with van der Waals surface area (Å²) in [5.41, 5.74) is 2.50. The first-order chi connectivity index (χ1) is 18.4. The van der Waals surface area contributed by atoms with Crippen LogP contribution in [0, 0.1) is 11.3 Å². The summed E-state index contributed by atoms with van der Waals surface area (Å²) in [6, 6.07) is 16.7. The zero-order valence-electron chi connectivity index (χ0n) is 20.8. The highest BCUT2D eigenvalue weighted by molar-refractivity contribution is 5.99. The number of carbonyl (C=O) groups is 1. The summed E-state index contributed by atoms with van der Waals surface area (Å²) < 4.78 is 1.46. The molecule has 0 bridgehead atoms. The van der Waals surface area contributed by atoms with E-state index in [1.165, 1.54) is 10.8 Å². The van der Waals surface area contributed by atoms with Crippen LogP contribution in [0.1, 0.15) is 5.82 Å². The third kappa shape index (κ3) is 5.07. The van der Waals surface area contributed by atoms with Crippen LogP contribution in [0.25, 0.3) is 16.7 Å². The molecule has 1 saturated heterocycles. The fourth-order valence-corrected chi connectivity index (χ4v) is 4.25. The maximum Gasteiger partial charge on any atom is 0.284 e. The Morgan fingerprint density at radius 2 is 1.82 bits per heavy atom. The molecule has 1 aliphatic rings. The largest absolute Gasteiger partial charge is 0.369 e. The normalized spacial score (nSPS) is 13.6. The van der Waals surface area contributed by atoms with Crippen molar-refractivity contribution >= 4 is 40.0 Å². The number of amides is 1. The average molecular weight is 508 g/mol. The van der Waals surface area contributed by atoms with Crippen molar-refractivity contribution in [3.05, 3.63) is 83.6 Å². The van der Waals surface area contributed by atoms with Crippen molar-refractivity contribution in [3.8, 4) is 11.8 Å². The molecule has 0 spiro atoms. The summed E-state index contributed by atoms with van der Waals surface area (Å²) in [7, 11) is 2.13. The summed E-state index contributed by atoms with van der Waals surface area (Å²) in [5, 5.41) is 15.8. The minimum Gasteiger partial charge on any atom is -0.369 e. The molecule has 2 N–H and O–H groups in total. The van der Waals surface area contributed by atoms with Crippen LogP contribution in [-0.2, 0) is 4.79 Å². The smallest absolute Gasteiger partial charge is 0.284 e. The molecule has 190 valence electrons. The van der Waals surface area contributed by atoms with Crippen molar-refractivity contribution in [1.82, 2.24) is 24.4 Å². The number of nitrogens with one attached hydrogen (secondary N) is 2. The number of piperazine rings is 1. The van der Waals surface area contributed by atoms with E-state index >= 15 is 0 Å². The number of nitriles is 1. The Kier molecular flexibility index (Phi) is 6.80. The molecule has 4 aromatic rings. The molecule has 5 rings (SSSR count). The molecule has 3 heterocycles. The van der Waals surface area contributed by atoms with Crippen LogP contribution in [0.2, 0.25) is 0 Å². The predicted molar refractivity (Wildman–Crippen MR) is 146 cm³/mol. The van der Waals surface area contributed by atoms with E-state index in [0.717, 1.165) is 43.6 Å². The Labute approximate surface area is 218 Å². The molecule has 1 fully saturated rings. The third-order valence-corrected chi connectivity index (χ3v) is 6.28. The minimum absolute atomic E-state index is 0.143. The van der Waals surface area contributed by atoms with Crippen LogP contribution >= 0.6 is 0 Å². The van der Waals surface area contributed by atoms with Gasteiger partial charge in [-0.15, -0.1) is 0 Å². The molecule has 1 amide bonds. The summed E-state index contributed by atoms with van der Waals surface area (Å²) in [4.78, 5) is 41.8. The second kappa shape index (κ2) is 10.5. The Morgan fingerprint density at radius 3 is 2.53 bits per heavy atom. The Balaban J connectivity index is 1.50. The van der Waals surface area contributed by atoms with Gasteiger partial charge in [0, 0.05) is 49.4 Å². The van der Waals surface area contributed by atoms with Crippen molar-refractivity contribution in [1.29, 1.82) is 5.26 Å². The van der Waals surface area contributed by atoms with Gasteiger partial charge in [0.15, 0.2) is 5.65 Å². The lowest BCUT2D eigenvalue weighted by Gasteiger charge is -2.34. The van der Waals surface area contributed by atoms with E-state index in [2.05, 4.69) is 49.0 Å². The van der Waals surface area contributed by atoms with Crippen LogP contribution in [0.5, 0.6) is 0 Å². The highest BCUT2D eigenvalue weighted by Crippen LogP contribution is 2.23. The lowest BCUT2D eigenvalue weighted by molar-refractivity contribution is -0.111. The number of likely N-dealkylation sites (N-methyl/N-ethyl adjacent to an activating group) is 1. The van der Waals surface area contributed by atoms with E-state index in [0.29, 0.717) is 11.4 Å². The van der Waals surface area contributed by atoms with E-state index in [1.807, 2.05) is 30.3 Å². The fourth-order valence-electron chi connectivity index (χ4n) is 4.25. The first-order valence-electron chi connectivity index (χ1n) is 12.0. The van der Waals surface area contributed by atoms with Crippen molar-refractivity contribution in [2.45, 2.75) is 0 Å². The van der Waals surface area contributed by atoms with E-state index in [-0.39, 0.29) is 28.7 Å². The number of carbonyl (C=O) groups excluding carboxylic acids is 1. The van der Waals surface area contributed by atoms with Gasteiger partial charge in [-0.1, -0.05) is 12.6 Å². The van der Waals surface area contributed by atoms with E-state index < -0.39 is 5.56 Å². The molecule has 2 aromatic heterocycles. The van der Waals surface area contributed by atoms with E-state index in [4.69, 9.17) is 0 Å². The molecule has 1 aliphatic heterocycles. The maximum atomic E-state index is 12.6. The number of hydrogen-bond donors (Lipinski definition) is 2. The van der Waals surface area contributed by atoms with Crippen molar-refractivity contribution < 1.29 is 4.79 Å². The number of hydrogen-bond acceptors (Lipinski definition) is 9. The number of fused-ring (bicyclic) bond motifs is 1. The van der Waals surface area contributed by atoms with Crippen LogP contribution in [0.3, 0.4) is 0 Å². The second-order valence-electron chi connectivity index (χ2n) is 8.82. The molecule has 11 heteroatoms. The van der Waals surface area contributed by atoms with E-state index in [1.54, 1.807) is 24.3 Å². The first kappa shape index (κ1) is 24.6. The van der Waals surface area contributed by atoms with Gasteiger partial charge >= 0.3 is 0 Å². The Morgan fingerprint density at radius 1 is 1.05 bits per heavy atom. The lowest BCUT2D eigenvalue weighted by Crippen LogP contribution is -2.44.